The fourth-order valence-corrected chi connectivity index (χ4v) is 1.36. The maximum atomic E-state index is 12.3. The maximum Gasteiger partial charge on any atom is 0.387 e. The second-order valence-electron chi connectivity index (χ2n) is 2.46. The molecule has 0 fully saturated rings. The van der Waals surface area contributed by atoms with Crippen molar-refractivity contribution in [3.8, 4) is 5.75 Å². The van der Waals surface area contributed by atoms with Gasteiger partial charge in [-0.05, 0) is 12.1 Å². The minimum Gasteiger partial charge on any atom is -0.433 e. The van der Waals surface area contributed by atoms with Gasteiger partial charge in [-0.15, -0.1) is 0 Å². The zero-order valence-electron chi connectivity index (χ0n) is 6.99. The summed E-state index contributed by atoms with van der Waals surface area (Å²) in [6.07, 6.45) is -2.82. The molecular formula is C8H4Cl2F4O. The van der Waals surface area contributed by atoms with Crippen molar-refractivity contribution < 1.29 is 22.3 Å². The van der Waals surface area contributed by atoms with Crippen LogP contribution in [0.5, 0.6) is 5.75 Å². The number of hydrogen-bond acceptors (Lipinski definition) is 1. The van der Waals surface area contributed by atoms with Gasteiger partial charge in [0.05, 0.1) is 5.02 Å². The van der Waals surface area contributed by atoms with Crippen LogP contribution in [0.25, 0.3) is 0 Å². The summed E-state index contributed by atoms with van der Waals surface area (Å²) in [6, 6.07) is 1.80. The first-order valence-corrected chi connectivity index (χ1v) is 4.40. The SMILES string of the molecule is FC(F)Oc1ccc(C(F)F)c(Cl)c1Cl. The Labute approximate surface area is 92.5 Å². The maximum absolute atomic E-state index is 12.3. The average Bonchev–Trinajstić information content (AvgIpc) is 2.12. The number of alkyl halides is 4. The lowest BCUT2D eigenvalue weighted by atomic mass is 10.2. The van der Waals surface area contributed by atoms with Crippen LogP contribution in [0.15, 0.2) is 12.1 Å². The van der Waals surface area contributed by atoms with Gasteiger partial charge in [0.1, 0.15) is 10.8 Å². The van der Waals surface area contributed by atoms with Gasteiger partial charge in [-0.25, -0.2) is 8.78 Å². The molecule has 0 bridgehead atoms. The highest BCUT2D eigenvalue weighted by atomic mass is 35.5. The molecule has 0 aliphatic heterocycles. The molecule has 0 aromatic heterocycles. The normalized spacial score (nSPS) is 11.2. The van der Waals surface area contributed by atoms with E-state index in [1.165, 1.54) is 0 Å². The molecule has 15 heavy (non-hydrogen) atoms. The van der Waals surface area contributed by atoms with E-state index in [0.717, 1.165) is 12.1 Å². The van der Waals surface area contributed by atoms with E-state index in [0.29, 0.717) is 0 Å². The van der Waals surface area contributed by atoms with E-state index in [2.05, 4.69) is 4.74 Å². The van der Waals surface area contributed by atoms with Crippen LogP contribution in [-0.4, -0.2) is 6.61 Å². The van der Waals surface area contributed by atoms with Crippen LogP contribution in [0, 0.1) is 0 Å². The quantitative estimate of drug-likeness (QED) is 0.728. The Morgan fingerprint density at radius 3 is 2.07 bits per heavy atom. The molecule has 0 atom stereocenters. The molecule has 0 radical (unpaired) electrons. The molecule has 0 aliphatic carbocycles. The fraction of sp³-hybridized carbons (Fsp3) is 0.250. The number of rotatable bonds is 3. The second-order valence-corrected chi connectivity index (χ2v) is 3.22. The third kappa shape index (κ3) is 2.89. The lowest BCUT2D eigenvalue weighted by Crippen LogP contribution is -2.03. The summed E-state index contributed by atoms with van der Waals surface area (Å²) in [5, 5.41) is -0.931. The van der Waals surface area contributed by atoms with Gasteiger partial charge in [-0.1, -0.05) is 23.2 Å². The van der Waals surface area contributed by atoms with E-state index in [9.17, 15) is 17.6 Å². The predicted molar refractivity (Wildman–Crippen MR) is 48.1 cm³/mol. The van der Waals surface area contributed by atoms with E-state index in [1.807, 2.05) is 0 Å². The Balaban J connectivity index is 3.10. The summed E-state index contributed by atoms with van der Waals surface area (Å²) in [4.78, 5) is 0. The van der Waals surface area contributed by atoms with Gasteiger partial charge in [0.2, 0.25) is 0 Å². The van der Waals surface area contributed by atoms with Gasteiger partial charge in [0, 0.05) is 5.56 Å². The van der Waals surface area contributed by atoms with Gasteiger partial charge in [0.15, 0.2) is 0 Å². The van der Waals surface area contributed by atoms with Crippen LogP contribution in [0.3, 0.4) is 0 Å². The van der Waals surface area contributed by atoms with Crippen molar-refractivity contribution in [1.82, 2.24) is 0 Å². The highest BCUT2D eigenvalue weighted by Crippen LogP contribution is 2.39. The molecule has 7 heteroatoms. The van der Waals surface area contributed by atoms with Crippen molar-refractivity contribution in [2.24, 2.45) is 0 Å². The standard InChI is InChI=1S/C8H4Cl2F4O/c9-5-3(7(11)12)1-2-4(6(5)10)15-8(13)14/h1-2,7-8H. The van der Waals surface area contributed by atoms with Crippen LogP contribution in [0.2, 0.25) is 10.0 Å². The highest BCUT2D eigenvalue weighted by molar-refractivity contribution is 6.43. The minimum atomic E-state index is -3.09. The first-order valence-electron chi connectivity index (χ1n) is 3.64. The summed E-state index contributed by atoms with van der Waals surface area (Å²) in [6.45, 7) is -3.09. The molecule has 0 heterocycles. The Bertz CT molecular complexity index is 357. The van der Waals surface area contributed by atoms with Crippen LogP contribution in [0.4, 0.5) is 17.6 Å². The van der Waals surface area contributed by atoms with Crippen molar-refractivity contribution in [3.63, 3.8) is 0 Å². The largest absolute Gasteiger partial charge is 0.433 e. The Hall–Kier alpha value is -0.680. The third-order valence-electron chi connectivity index (χ3n) is 1.53. The zero-order valence-corrected chi connectivity index (χ0v) is 8.50. The molecule has 1 aromatic carbocycles. The molecule has 0 spiro atoms. The van der Waals surface area contributed by atoms with E-state index < -0.39 is 34.4 Å². The highest BCUT2D eigenvalue weighted by Gasteiger charge is 2.18. The van der Waals surface area contributed by atoms with E-state index in [-0.39, 0.29) is 0 Å². The van der Waals surface area contributed by atoms with Crippen LogP contribution >= 0.6 is 23.2 Å². The fourth-order valence-electron chi connectivity index (χ4n) is 0.902. The summed E-state index contributed by atoms with van der Waals surface area (Å²) in [5.74, 6) is -0.430. The van der Waals surface area contributed by atoms with Crippen molar-refractivity contribution >= 4 is 23.2 Å². The number of benzene rings is 1. The molecule has 1 nitrogen and oxygen atoms in total. The van der Waals surface area contributed by atoms with Crippen molar-refractivity contribution in [1.29, 1.82) is 0 Å². The molecule has 1 rings (SSSR count). The van der Waals surface area contributed by atoms with Gasteiger partial charge < -0.3 is 4.74 Å². The van der Waals surface area contributed by atoms with Gasteiger partial charge in [0.25, 0.3) is 6.43 Å². The van der Waals surface area contributed by atoms with Crippen LogP contribution in [0.1, 0.15) is 12.0 Å². The summed E-state index contributed by atoms with van der Waals surface area (Å²) >= 11 is 10.9. The smallest absolute Gasteiger partial charge is 0.387 e. The molecule has 0 N–H and O–H groups in total. The Morgan fingerprint density at radius 2 is 1.60 bits per heavy atom. The average molecular weight is 263 g/mol. The molecule has 0 saturated carbocycles. The summed E-state index contributed by atoms with van der Waals surface area (Å²) < 4.78 is 52.1. The summed E-state index contributed by atoms with van der Waals surface area (Å²) in [7, 11) is 0. The summed E-state index contributed by atoms with van der Waals surface area (Å²) in [5.41, 5.74) is -0.525. The van der Waals surface area contributed by atoms with Crippen LogP contribution < -0.4 is 4.74 Å². The molecule has 1 aromatic rings. The lowest BCUT2D eigenvalue weighted by molar-refractivity contribution is -0.0497. The third-order valence-corrected chi connectivity index (χ3v) is 2.41. The Morgan fingerprint density at radius 1 is 1.00 bits per heavy atom. The van der Waals surface area contributed by atoms with E-state index in [4.69, 9.17) is 23.2 Å². The predicted octanol–water partition coefficient (Wildman–Crippen LogP) is 4.53. The van der Waals surface area contributed by atoms with Gasteiger partial charge in [-0.3, -0.25) is 0 Å². The lowest BCUT2D eigenvalue weighted by Gasteiger charge is -2.10. The molecule has 0 saturated heterocycles. The molecule has 84 valence electrons. The minimum absolute atomic E-state index is 0.430. The van der Waals surface area contributed by atoms with Gasteiger partial charge in [-0.2, -0.15) is 8.78 Å². The zero-order chi connectivity index (χ0) is 11.6. The molecule has 0 amide bonds. The molecule has 0 unspecified atom stereocenters. The van der Waals surface area contributed by atoms with Crippen molar-refractivity contribution in [2.45, 2.75) is 13.0 Å². The molecular weight excluding hydrogens is 259 g/mol. The van der Waals surface area contributed by atoms with E-state index in [1.54, 1.807) is 0 Å². The van der Waals surface area contributed by atoms with E-state index >= 15 is 0 Å². The molecule has 0 aliphatic rings. The number of ether oxygens (including phenoxy) is 1. The topological polar surface area (TPSA) is 9.23 Å². The van der Waals surface area contributed by atoms with Crippen molar-refractivity contribution in [3.05, 3.63) is 27.7 Å². The van der Waals surface area contributed by atoms with Gasteiger partial charge >= 0.3 is 6.61 Å². The van der Waals surface area contributed by atoms with Crippen LogP contribution in [-0.2, 0) is 0 Å². The first-order chi connectivity index (χ1) is 6.93. The first kappa shape index (κ1) is 12.4. The number of hydrogen-bond donors (Lipinski definition) is 0. The monoisotopic (exact) mass is 262 g/mol. The van der Waals surface area contributed by atoms with Crippen molar-refractivity contribution in [2.75, 3.05) is 0 Å². The second kappa shape index (κ2) is 4.90. The Kier molecular flexibility index (Phi) is 4.04. The number of halogens is 6.